The van der Waals surface area contributed by atoms with Gasteiger partial charge in [-0.2, -0.15) is 0 Å². The van der Waals surface area contributed by atoms with Crippen molar-refractivity contribution in [3.05, 3.63) is 23.8 Å². The van der Waals surface area contributed by atoms with Gasteiger partial charge >= 0.3 is 0 Å². The number of alkyl halides is 1. The summed E-state index contributed by atoms with van der Waals surface area (Å²) in [5.74, 6) is 6.79. The third kappa shape index (κ3) is 2.97. The highest BCUT2D eigenvalue weighted by molar-refractivity contribution is 9.09. The monoisotopic (exact) mass is 254 g/mol. The summed E-state index contributed by atoms with van der Waals surface area (Å²) in [5, 5.41) is 10.1. The van der Waals surface area contributed by atoms with Crippen LogP contribution in [0.4, 0.5) is 0 Å². The van der Waals surface area contributed by atoms with Gasteiger partial charge in [-0.05, 0) is 18.2 Å². The summed E-state index contributed by atoms with van der Waals surface area (Å²) in [7, 11) is 1.59. The molecule has 1 rings (SSSR count). The fourth-order valence-electron chi connectivity index (χ4n) is 0.999. The summed E-state index contributed by atoms with van der Waals surface area (Å²) < 4.78 is 5.11. The molecule has 0 atom stereocenters. The van der Waals surface area contributed by atoms with Gasteiger partial charge in [0.2, 0.25) is 0 Å². The maximum Gasteiger partial charge on any atom is 0.134 e. The highest BCUT2D eigenvalue weighted by atomic mass is 79.9. The zero-order chi connectivity index (χ0) is 10.4. The summed E-state index contributed by atoms with van der Waals surface area (Å²) in [4.78, 5) is 0. The van der Waals surface area contributed by atoms with E-state index in [4.69, 9.17) is 4.74 Å². The third-order valence-electron chi connectivity index (χ3n) is 1.63. The molecule has 2 nitrogen and oxygen atoms in total. The lowest BCUT2D eigenvalue weighted by Crippen LogP contribution is -1.87. The predicted octanol–water partition coefficient (Wildman–Crippen LogP) is 2.54. The molecular formula is C11H11BrO2. The van der Waals surface area contributed by atoms with E-state index in [9.17, 15) is 5.11 Å². The maximum atomic E-state index is 9.26. The van der Waals surface area contributed by atoms with E-state index in [0.29, 0.717) is 11.3 Å². The third-order valence-corrected chi connectivity index (χ3v) is 2.02. The number of halogens is 1. The Labute approximate surface area is 92.0 Å². The van der Waals surface area contributed by atoms with Gasteiger partial charge < -0.3 is 9.84 Å². The zero-order valence-electron chi connectivity index (χ0n) is 7.88. The average molecular weight is 255 g/mol. The van der Waals surface area contributed by atoms with Gasteiger partial charge in [0.15, 0.2) is 0 Å². The van der Waals surface area contributed by atoms with Crippen molar-refractivity contribution in [2.45, 2.75) is 6.42 Å². The van der Waals surface area contributed by atoms with Crippen molar-refractivity contribution in [2.24, 2.45) is 0 Å². The Hall–Kier alpha value is -1.14. The van der Waals surface area contributed by atoms with Crippen LogP contribution in [0.2, 0.25) is 0 Å². The van der Waals surface area contributed by atoms with Crippen molar-refractivity contribution in [1.29, 1.82) is 0 Å². The SMILES string of the molecule is COc1ccc(O)cc1C#CCCBr. The number of phenolic OH excluding ortho intramolecular Hbond substituents is 1. The molecule has 0 aromatic heterocycles. The Balaban J connectivity index is 2.94. The Kier molecular flexibility index (Phi) is 4.34. The number of hydrogen-bond donors (Lipinski definition) is 1. The van der Waals surface area contributed by atoms with Crippen LogP contribution in [0.25, 0.3) is 0 Å². The van der Waals surface area contributed by atoms with Gasteiger partial charge in [-0.15, -0.1) is 0 Å². The molecule has 1 N–H and O–H groups in total. The molecule has 0 heterocycles. The fourth-order valence-corrected chi connectivity index (χ4v) is 1.20. The minimum absolute atomic E-state index is 0.203. The molecule has 0 aliphatic rings. The second-order valence-electron chi connectivity index (χ2n) is 2.63. The van der Waals surface area contributed by atoms with Gasteiger partial charge in [-0.1, -0.05) is 27.8 Å². The van der Waals surface area contributed by atoms with Crippen molar-refractivity contribution in [2.75, 3.05) is 12.4 Å². The maximum absolute atomic E-state index is 9.26. The summed E-state index contributed by atoms with van der Waals surface area (Å²) in [6.45, 7) is 0. The van der Waals surface area contributed by atoms with E-state index in [1.165, 1.54) is 0 Å². The van der Waals surface area contributed by atoms with Crippen LogP contribution in [-0.2, 0) is 0 Å². The molecule has 0 spiro atoms. The van der Waals surface area contributed by atoms with E-state index in [-0.39, 0.29) is 5.75 Å². The van der Waals surface area contributed by atoms with Gasteiger partial charge in [0.05, 0.1) is 12.7 Å². The van der Waals surface area contributed by atoms with E-state index in [0.717, 1.165) is 11.8 Å². The number of ether oxygens (including phenoxy) is 1. The van der Waals surface area contributed by atoms with Crippen LogP contribution in [0.5, 0.6) is 11.5 Å². The first kappa shape index (κ1) is 10.9. The molecule has 0 bridgehead atoms. The highest BCUT2D eigenvalue weighted by Gasteiger charge is 1.99. The Bertz CT molecular complexity index is 363. The molecule has 0 radical (unpaired) electrons. The van der Waals surface area contributed by atoms with Gasteiger partial charge in [0.25, 0.3) is 0 Å². The molecular weight excluding hydrogens is 244 g/mol. The number of phenols is 1. The first-order valence-corrected chi connectivity index (χ1v) is 5.32. The lowest BCUT2D eigenvalue weighted by atomic mass is 10.2. The molecule has 0 amide bonds. The van der Waals surface area contributed by atoms with E-state index in [1.807, 2.05) is 0 Å². The van der Waals surface area contributed by atoms with Gasteiger partial charge in [0.1, 0.15) is 11.5 Å². The highest BCUT2D eigenvalue weighted by Crippen LogP contribution is 2.21. The van der Waals surface area contributed by atoms with Crippen LogP contribution >= 0.6 is 15.9 Å². The second kappa shape index (κ2) is 5.56. The first-order chi connectivity index (χ1) is 6.77. The standard InChI is InChI=1S/C11H11BrO2/c1-14-11-6-5-10(13)8-9(11)4-2-3-7-12/h5-6,8,13H,3,7H2,1H3. The Morgan fingerprint density at radius 3 is 2.93 bits per heavy atom. The minimum Gasteiger partial charge on any atom is -0.508 e. The lowest BCUT2D eigenvalue weighted by Gasteiger charge is -2.02. The zero-order valence-corrected chi connectivity index (χ0v) is 9.47. The molecule has 0 unspecified atom stereocenters. The van der Waals surface area contributed by atoms with Crippen molar-refractivity contribution in [1.82, 2.24) is 0 Å². The number of methoxy groups -OCH3 is 1. The molecule has 3 heteroatoms. The smallest absolute Gasteiger partial charge is 0.134 e. The van der Waals surface area contributed by atoms with E-state index < -0.39 is 0 Å². The summed E-state index contributed by atoms with van der Waals surface area (Å²) in [5.41, 5.74) is 0.716. The topological polar surface area (TPSA) is 29.5 Å². The molecule has 0 aliphatic carbocycles. The quantitative estimate of drug-likeness (QED) is 0.650. The van der Waals surface area contributed by atoms with Crippen LogP contribution in [0.3, 0.4) is 0 Å². The fraction of sp³-hybridized carbons (Fsp3) is 0.273. The number of hydrogen-bond acceptors (Lipinski definition) is 2. The van der Waals surface area contributed by atoms with Gasteiger partial charge in [-0.3, -0.25) is 0 Å². The predicted molar refractivity (Wildman–Crippen MR) is 59.9 cm³/mol. The van der Waals surface area contributed by atoms with E-state index in [2.05, 4.69) is 27.8 Å². The number of aromatic hydroxyl groups is 1. The van der Waals surface area contributed by atoms with Crippen molar-refractivity contribution in [3.63, 3.8) is 0 Å². The van der Waals surface area contributed by atoms with E-state index in [1.54, 1.807) is 25.3 Å². The summed E-state index contributed by atoms with van der Waals surface area (Å²) in [6.07, 6.45) is 0.777. The van der Waals surface area contributed by atoms with Crippen LogP contribution in [-0.4, -0.2) is 17.5 Å². The molecule has 14 heavy (non-hydrogen) atoms. The number of rotatable bonds is 2. The molecule has 0 saturated heterocycles. The minimum atomic E-state index is 0.203. The van der Waals surface area contributed by atoms with Crippen molar-refractivity contribution in [3.8, 4) is 23.3 Å². The van der Waals surface area contributed by atoms with Crippen molar-refractivity contribution >= 4 is 15.9 Å². The lowest BCUT2D eigenvalue weighted by molar-refractivity contribution is 0.411. The second-order valence-corrected chi connectivity index (χ2v) is 3.42. The van der Waals surface area contributed by atoms with Gasteiger partial charge in [-0.25, -0.2) is 0 Å². The molecule has 0 saturated carbocycles. The van der Waals surface area contributed by atoms with Crippen LogP contribution in [0, 0.1) is 11.8 Å². The van der Waals surface area contributed by atoms with Crippen LogP contribution in [0.15, 0.2) is 18.2 Å². The Morgan fingerprint density at radius 1 is 1.50 bits per heavy atom. The molecule has 1 aromatic rings. The largest absolute Gasteiger partial charge is 0.508 e. The molecule has 0 aliphatic heterocycles. The molecule has 1 aromatic carbocycles. The van der Waals surface area contributed by atoms with Crippen LogP contribution < -0.4 is 4.74 Å². The molecule has 0 fully saturated rings. The summed E-state index contributed by atoms with van der Waals surface area (Å²) >= 11 is 3.29. The van der Waals surface area contributed by atoms with Crippen LogP contribution in [0.1, 0.15) is 12.0 Å². The average Bonchev–Trinajstić information content (AvgIpc) is 2.19. The molecule has 74 valence electrons. The van der Waals surface area contributed by atoms with Crippen molar-refractivity contribution < 1.29 is 9.84 Å². The Morgan fingerprint density at radius 2 is 2.29 bits per heavy atom. The normalized spacial score (nSPS) is 9.00. The van der Waals surface area contributed by atoms with Gasteiger partial charge in [0, 0.05) is 11.8 Å². The first-order valence-electron chi connectivity index (χ1n) is 4.19. The number of benzene rings is 1. The van der Waals surface area contributed by atoms with E-state index >= 15 is 0 Å². The summed E-state index contributed by atoms with van der Waals surface area (Å²) in [6, 6.07) is 4.88.